The molecule has 1 atom stereocenters. The second-order valence-electron chi connectivity index (χ2n) is 5.54. The molecule has 0 fully saturated rings. The second-order valence-corrected chi connectivity index (χ2v) is 7.45. The average molecular weight is 409 g/mol. The number of benzene rings is 2. The average Bonchev–Trinajstić information content (AvgIpc) is 3.20. The van der Waals surface area contributed by atoms with Crippen molar-refractivity contribution in [3.8, 4) is 5.75 Å². The van der Waals surface area contributed by atoms with E-state index in [1.54, 1.807) is 35.0 Å². The van der Waals surface area contributed by atoms with Crippen LogP contribution in [0.2, 0.25) is 5.02 Å². The van der Waals surface area contributed by atoms with E-state index < -0.39 is 5.18 Å². The summed E-state index contributed by atoms with van der Waals surface area (Å²) >= 11 is 14.4. The molecular weight excluding hydrogens is 391 g/mol. The van der Waals surface area contributed by atoms with Gasteiger partial charge in [0.25, 0.3) is 0 Å². The monoisotopic (exact) mass is 408 g/mol. The zero-order valence-corrected chi connectivity index (χ0v) is 16.5. The van der Waals surface area contributed by atoms with E-state index in [1.807, 2.05) is 54.8 Å². The van der Waals surface area contributed by atoms with Crippen LogP contribution < -0.4 is 4.74 Å². The predicted octanol–water partition coefficient (Wildman–Crippen LogP) is 5.40. The number of ether oxygens (including phenoxy) is 2. The SMILES string of the molecule is CSc1ccc(OCOC(Cl)(Cc2ccc(Cl)cc2)n2ccnc2)cc1. The molecule has 0 amide bonds. The summed E-state index contributed by atoms with van der Waals surface area (Å²) in [6.45, 7) is 0.00782. The Balaban J connectivity index is 1.68. The maximum atomic E-state index is 6.78. The van der Waals surface area contributed by atoms with Gasteiger partial charge in [0.2, 0.25) is 5.18 Å². The summed E-state index contributed by atoms with van der Waals surface area (Å²) in [5.74, 6) is 0.721. The smallest absolute Gasteiger partial charge is 0.230 e. The van der Waals surface area contributed by atoms with Gasteiger partial charge in [-0.2, -0.15) is 0 Å². The molecule has 3 rings (SSSR count). The Morgan fingerprint density at radius 2 is 1.85 bits per heavy atom. The third kappa shape index (κ3) is 4.95. The Labute approximate surface area is 167 Å². The molecular formula is C19H18Cl2N2O2S. The molecule has 3 aromatic rings. The molecule has 26 heavy (non-hydrogen) atoms. The van der Waals surface area contributed by atoms with Gasteiger partial charge in [0.1, 0.15) is 5.75 Å². The van der Waals surface area contributed by atoms with Crippen molar-refractivity contribution in [2.45, 2.75) is 16.5 Å². The van der Waals surface area contributed by atoms with Gasteiger partial charge >= 0.3 is 0 Å². The van der Waals surface area contributed by atoms with Gasteiger partial charge in [0.15, 0.2) is 6.79 Å². The van der Waals surface area contributed by atoms with E-state index in [0.717, 1.165) is 11.3 Å². The van der Waals surface area contributed by atoms with Crippen LogP contribution in [0.25, 0.3) is 0 Å². The summed E-state index contributed by atoms with van der Waals surface area (Å²) in [7, 11) is 0. The molecule has 0 bridgehead atoms. The summed E-state index contributed by atoms with van der Waals surface area (Å²) < 4.78 is 13.3. The van der Waals surface area contributed by atoms with Crippen molar-refractivity contribution < 1.29 is 9.47 Å². The number of halogens is 2. The molecule has 0 N–H and O–H groups in total. The van der Waals surface area contributed by atoms with E-state index >= 15 is 0 Å². The van der Waals surface area contributed by atoms with E-state index in [9.17, 15) is 0 Å². The Morgan fingerprint density at radius 1 is 1.12 bits per heavy atom. The minimum atomic E-state index is -1.15. The molecule has 0 radical (unpaired) electrons. The maximum Gasteiger partial charge on any atom is 0.230 e. The van der Waals surface area contributed by atoms with Crippen LogP contribution in [0.3, 0.4) is 0 Å². The highest BCUT2D eigenvalue weighted by molar-refractivity contribution is 7.98. The van der Waals surface area contributed by atoms with Crippen LogP contribution in [-0.2, 0) is 16.3 Å². The summed E-state index contributed by atoms with van der Waals surface area (Å²) in [5, 5.41) is -0.474. The Kier molecular flexibility index (Phi) is 6.48. The van der Waals surface area contributed by atoms with Crippen LogP contribution in [0, 0.1) is 0 Å². The van der Waals surface area contributed by atoms with Gasteiger partial charge in [-0.05, 0) is 48.2 Å². The number of alkyl halides is 1. The topological polar surface area (TPSA) is 36.3 Å². The van der Waals surface area contributed by atoms with Gasteiger partial charge < -0.3 is 9.47 Å². The summed E-state index contributed by atoms with van der Waals surface area (Å²) in [4.78, 5) is 5.24. The highest BCUT2D eigenvalue weighted by Crippen LogP contribution is 2.29. The molecule has 4 nitrogen and oxygen atoms in total. The largest absolute Gasteiger partial charge is 0.467 e. The quantitative estimate of drug-likeness (QED) is 0.283. The van der Waals surface area contributed by atoms with Gasteiger partial charge in [-0.25, -0.2) is 4.98 Å². The Bertz CT molecular complexity index is 811. The van der Waals surface area contributed by atoms with Crippen molar-refractivity contribution in [3.05, 3.63) is 77.8 Å². The lowest BCUT2D eigenvalue weighted by Gasteiger charge is -2.28. The molecule has 136 valence electrons. The highest BCUT2D eigenvalue weighted by atomic mass is 35.5. The van der Waals surface area contributed by atoms with E-state index in [1.165, 1.54) is 4.90 Å². The third-order valence-electron chi connectivity index (χ3n) is 3.79. The lowest BCUT2D eigenvalue weighted by Crippen LogP contribution is -2.33. The lowest BCUT2D eigenvalue weighted by atomic mass is 10.1. The van der Waals surface area contributed by atoms with Gasteiger partial charge in [0, 0.05) is 28.7 Å². The van der Waals surface area contributed by atoms with Crippen LogP contribution in [0.15, 0.2) is 72.1 Å². The Morgan fingerprint density at radius 3 is 2.46 bits per heavy atom. The van der Waals surface area contributed by atoms with Crippen LogP contribution in [-0.4, -0.2) is 22.6 Å². The molecule has 0 aliphatic rings. The first-order valence-electron chi connectivity index (χ1n) is 7.92. The molecule has 0 aliphatic carbocycles. The van der Waals surface area contributed by atoms with Gasteiger partial charge in [-0.1, -0.05) is 35.3 Å². The van der Waals surface area contributed by atoms with E-state index in [2.05, 4.69) is 4.98 Å². The van der Waals surface area contributed by atoms with Crippen LogP contribution >= 0.6 is 35.0 Å². The first kappa shape index (κ1) is 19.1. The van der Waals surface area contributed by atoms with Crippen molar-refractivity contribution in [2.24, 2.45) is 0 Å². The van der Waals surface area contributed by atoms with Crippen molar-refractivity contribution >= 4 is 35.0 Å². The second kappa shape index (κ2) is 8.82. The first-order valence-corrected chi connectivity index (χ1v) is 9.90. The lowest BCUT2D eigenvalue weighted by molar-refractivity contribution is -0.101. The van der Waals surface area contributed by atoms with Gasteiger partial charge in [-0.3, -0.25) is 4.57 Å². The van der Waals surface area contributed by atoms with Gasteiger partial charge in [-0.15, -0.1) is 11.8 Å². The predicted molar refractivity (Wildman–Crippen MR) is 106 cm³/mol. The summed E-state index contributed by atoms with van der Waals surface area (Å²) in [6, 6.07) is 15.3. The fourth-order valence-electron chi connectivity index (χ4n) is 2.39. The number of imidazole rings is 1. The fourth-order valence-corrected chi connectivity index (χ4v) is 3.22. The van der Waals surface area contributed by atoms with Crippen LogP contribution in [0.5, 0.6) is 5.75 Å². The third-order valence-corrected chi connectivity index (χ3v) is 5.22. The maximum absolute atomic E-state index is 6.78. The number of rotatable bonds is 8. The number of nitrogens with zero attached hydrogens (tertiary/aromatic N) is 2. The molecule has 1 aromatic heterocycles. The molecule has 2 aromatic carbocycles. The first-order chi connectivity index (χ1) is 12.6. The molecule has 7 heteroatoms. The molecule has 1 heterocycles. The minimum absolute atomic E-state index is 0.00782. The minimum Gasteiger partial charge on any atom is -0.467 e. The van der Waals surface area contributed by atoms with Crippen molar-refractivity contribution in [1.82, 2.24) is 9.55 Å². The van der Waals surface area contributed by atoms with Crippen LogP contribution in [0.1, 0.15) is 5.56 Å². The molecule has 0 spiro atoms. The normalized spacial score (nSPS) is 13.3. The van der Waals surface area contributed by atoms with Gasteiger partial charge in [0.05, 0.1) is 6.33 Å². The number of aromatic nitrogens is 2. The van der Waals surface area contributed by atoms with E-state index in [0.29, 0.717) is 11.4 Å². The summed E-state index contributed by atoms with van der Waals surface area (Å²) in [6.07, 6.45) is 7.50. The van der Waals surface area contributed by atoms with Crippen molar-refractivity contribution in [2.75, 3.05) is 13.0 Å². The molecule has 0 aliphatic heterocycles. The number of hydrogen-bond donors (Lipinski definition) is 0. The molecule has 0 saturated carbocycles. The zero-order chi connectivity index (χ0) is 18.4. The zero-order valence-electron chi connectivity index (χ0n) is 14.1. The molecule has 0 saturated heterocycles. The van der Waals surface area contributed by atoms with E-state index in [-0.39, 0.29) is 6.79 Å². The number of hydrogen-bond acceptors (Lipinski definition) is 4. The highest BCUT2D eigenvalue weighted by Gasteiger charge is 2.31. The number of thioether (sulfide) groups is 1. The molecule has 1 unspecified atom stereocenters. The van der Waals surface area contributed by atoms with Crippen molar-refractivity contribution in [1.29, 1.82) is 0 Å². The fraction of sp³-hybridized carbons (Fsp3) is 0.211. The summed E-state index contributed by atoms with van der Waals surface area (Å²) in [5.41, 5.74) is 0.988. The van der Waals surface area contributed by atoms with Crippen LogP contribution in [0.4, 0.5) is 0 Å². The van der Waals surface area contributed by atoms with E-state index in [4.69, 9.17) is 32.7 Å². The van der Waals surface area contributed by atoms with Crippen molar-refractivity contribution in [3.63, 3.8) is 0 Å². The Hall–Kier alpha value is -1.66. The standard InChI is InChI=1S/C19H18Cl2N2O2S/c1-26-18-8-6-17(7-9-18)24-14-25-19(21,23-11-10-22-13-23)12-15-2-4-16(20)5-3-15/h2-11,13H,12,14H2,1H3.